The van der Waals surface area contributed by atoms with E-state index in [0.29, 0.717) is 37.7 Å². The number of esters is 1. The van der Waals surface area contributed by atoms with Gasteiger partial charge in [-0.05, 0) is 42.2 Å². The van der Waals surface area contributed by atoms with Gasteiger partial charge < -0.3 is 19.5 Å². The van der Waals surface area contributed by atoms with Crippen LogP contribution in [0.25, 0.3) is 0 Å². The molecule has 178 valence electrons. The molecule has 0 fully saturated rings. The molecule has 1 aliphatic rings. The normalized spacial score (nSPS) is 13.9. The molecule has 0 saturated carbocycles. The fourth-order valence-electron chi connectivity index (χ4n) is 3.16. The molecule has 2 N–H and O–H groups in total. The summed E-state index contributed by atoms with van der Waals surface area (Å²) in [4.78, 5) is 24.6. The second-order valence-corrected chi connectivity index (χ2v) is 9.56. The fourth-order valence-corrected chi connectivity index (χ4v) is 4.51. The van der Waals surface area contributed by atoms with Crippen LogP contribution in [-0.4, -0.2) is 52.7 Å². The van der Waals surface area contributed by atoms with E-state index in [1.165, 1.54) is 12.1 Å². The first kappa shape index (κ1) is 24.5. The maximum absolute atomic E-state index is 12.5. The Bertz CT molecular complexity index is 1070. The maximum atomic E-state index is 12.5. The van der Waals surface area contributed by atoms with Crippen molar-refractivity contribution >= 4 is 21.9 Å². The van der Waals surface area contributed by atoms with Crippen LogP contribution in [0, 0.1) is 5.92 Å². The summed E-state index contributed by atoms with van der Waals surface area (Å²) in [6, 6.07) is 12.2. The van der Waals surface area contributed by atoms with Gasteiger partial charge in [-0.3, -0.25) is 9.59 Å². The number of carbonyl (C=O) groups excluding carboxylic acids is 2. The zero-order chi connectivity index (χ0) is 23.8. The first-order chi connectivity index (χ1) is 15.8. The maximum Gasteiger partial charge on any atom is 0.324 e. The number of hydrogen-bond acceptors (Lipinski definition) is 7. The lowest BCUT2D eigenvalue weighted by molar-refractivity contribution is -0.151. The van der Waals surface area contributed by atoms with E-state index in [1.807, 2.05) is 18.2 Å². The minimum Gasteiger partial charge on any atom is -0.486 e. The van der Waals surface area contributed by atoms with Crippen molar-refractivity contribution in [3.05, 3.63) is 54.1 Å². The standard InChI is InChI=1S/C23H28N2O7S/c1-16(2)22(25-33(28,29)18-6-4-3-5-7-18)23(27)32-15-21(26)24-11-10-17-8-9-19-20(14-17)31-13-12-30-19/h3-9,14,16,22,25H,10-13,15H2,1-2H3,(H,24,26)/t22-/m0/s1. The number of amides is 1. The number of nitrogens with one attached hydrogen (secondary N) is 2. The Kier molecular flexibility index (Phi) is 8.29. The molecular formula is C23H28N2O7S. The molecule has 0 unspecified atom stereocenters. The number of benzene rings is 2. The van der Waals surface area contributed by atoms with Crippen LogP contribution in [0.3, 0.4) is 0 Å². The fraction of sp³-hybridized carbons (Fsp3) is 0.391. The molecular weight excluding hydrogens is 448 g/mol. The highest BCUT2D eigenvalue weighted by molar-refractivity contribution is 7.89. The lowest BCUT2D eigenvalue weighted by Gasteiger charge is -2.20. The largest absolute Gasteiger partial charge is 0.486 e. The summed E-state index contributed by atoms with van der Waals surface area (Å²) in [7, 11) is -3.91. The molecule has 2 aromatic carbocycles. The van der Waals surface area contributed by atoms with Gasteiger partial charge in [0.25, 0.3) is 5.91 Å². The number of hydrogen-bond donors (Lipinski definition) is 2. The monoisotopic (exact) mass is 476 g/mol. The Labute approximate surface area is 193 Å². The molecule has 33 heavy (non-hydrogen) atoms. The van der Waals surface area contributed by atoms with Gasteiger partial charge in [0.2, 0.25) is 10.0 Å². The van der Waals surface area contributed by atoms with Crippen molar-refractivity contribution in [2.24, 2.45) is 5.92 Å². The van der Waals surface area contributed by atoms with Crippen LogP contribution < -0.4 is 19.5 Å². The third kappa shape index (κ3) is 6.93. The Hall–Kier alpha value is -3.11. The molecule has 0 bridgehead atoms. The van der Waals surface area contributed by atoms with Crippen molar-refractivity contribution in [3.63, 3.8) is 0 Å². The molecule has 0 saturated heterocycles. The smallest absolute Gasteiger partial charge is 0.324 e. The van der Waals surface area contributed by atoms with Crippen molar-refractivity contribution in [2.75, 3.05) is 26.4 Å². The van der Waals surface area contributed by atoms with Crippen LogP contribution in [0.15, 0.2) is 53.4 Å². The van der Waals surface area contributed by atoms with Crippen molar-refractivity contribution < 1.29 is 32.2 Å². The van der Waals surface area contributed by atoms with E-state index >= 15 is 0 Å². The van der Waals surface area contributed by atoms with Gasteiger partial charge in [-0.1, -0.05) is 38.1 Å². The van der Waals surface area contributed by atoms with Gasteiger partial charge in [-0.25, -0.2) is 8.42 Å². The molecule has 2 aromatic rings. The molecule has 1 aliphatic heterocycles. The Morgan fingerprint density at radius 2 is 1.73 bits per heavy atom. The van der Waals surface area contributed by atoms with E-state index in [9.17, 15) is 18.0 Å². The highest BCUT2D eigenvalue weighted by Crippen LogP contribution is 2.30. The van der Waals surface area contributed by atoms with Crippen molar-refractivity contribution in [3.8, 4) is 11.5 Å². The number of rotatable bonds is 10. The predicted octanol–water partition coefficient (Wildman–Crippen LogP) is 1.66. The first-order valence-corrected chi connectivity index (χ1v) is 12.1. The second-order valence-electron chi connectivity index (χ2n) is 7.84. The summed E-state index contributed by atoms with van der Waals surface area (Å²) in [5.41, 5.74) is 0.965. The summed E-state index contributed by atoms with van der Waals surface area (Å²) < 4.78 is 43.5. The van der Waals surface area contributed by atoms with Gasteiger partial charge >= 0.3 is 5.97 Å². The Morgan fingerprint density at radius 3 is 2.42 bits per heavy atom. The number of carbonyl (C=O) groups is 2. The highest BCUT2D eigenvalue weighted by Gasteiger charge is 2.30. The van der Waals surface area contributed by atoms with E-state index in [1.54, 1.807) is 32.0 Å². The quantitative estimate of drug-likeness (QED) is 0.501. The SMILES string of the molecule is CC(C)[C@H](NS(=O)(=O)c1ccccc1)C(=O)OCC(=O)NCCc1ccc2c(c1)OCCO2. The Morgan fingerprint density at radius 1 is 1.03 bits per heavy atom. The van der Waals surface area contributed by atoms with Gasteiger partial charge in [0.05, 0.1) is 4.90 Å². The van der Waals surface area contributed by atoms with E-state index in [4.69, 9.17) is 14.2 Å². The van der Waals surface area contributed by atoms with Crippen molar-refractivity contribution in [1.29, 1.82) is 0 Å². The minimum absolute atomic E-state index is 0.0420. The molecule has 0 aliphatic carbocycles. The first-order valence-electron chi connectivity index (χ1n) is 10.7. The molecule has 0 radical (unpaired) electrons. The zero-order valence-corrected chi connectivity index (χ0v) is 19.4. The van der Waals surface area contributed by atoms with E-state index in [-0.39, 0.29) is 10.8 Å². The van der Waals surface area contributed by atoms with Gasteiger partial charge in [-0.15, -0.1) is 0 Å². The third-order valence-corrected chi connectivity index (χ3v) is 6.40. The molecule has 0 spiro atoms. The summed E-state index contributed by atoms with van der Waals surface area (Å²) >= 11 is 0. The molecule has 10 heteroatoms. The molecule has 9 nitrogen and oxygen atoms in total. The Balaban J connectivity index is 1.46. The van der Waals surface area contributed by atoms with Crippen LogP contribution in [0.2, 0.25) is 0 Å². The van der Waals surface area contributed by atoms with Crippen LogP contribution in [0.4, 0.5) is 0 Å². The average Bonchev–Trinajstić information content (AvgIpc) is 2.81. The van der Waals surface area contributed by atoms with Crippen molar-refractivity contribution in [1.82, 2.24) is 10.0 Å². The van der Waals surface area contributed by atoms with Gasteiger partial charge in [0, 0.05) is 6.54 Å². The average molecular weight is 477 g/mol. The van der Waals surface area contributed by atoms with Gasteiger partial charge in [0.1, 0.15) is 19.3 Å². The molecule has 3 rings (SSSR count). The van der Waals surface area contributed by atoms with Crippen molar-refractivity contribution in [2.45, 2.75) is 31.2 Å². The van der Waals surface area contributed by atoms with E-state index < -0.39 is 34.5 Å². The molecule has 1 heterocycles. The zero-order valence-electron chi connectivity index (χ0n) is 18.6. The van der Waals surface area contributed by atoms with Crippen LogP contribution in [0.5, 0.6) is 11.5 Å². The van der Waals surface area contributed by atoms with Gasteiger partial charge in [-0.2, -0.15) is 4.72 Å². The number of fused-ring (bicyclic) bond motifs is 1. The van der Waals surface area contributed by atoms with Crippen LogP contribution in [0.1, 0.15) is 19.4 Å². The predicted molar refractivity (Wildman–Crippen MR) is 120 cm³/mol. The summed E-state index contributed by atoms with van der Waals surface area (Å²) in [5, 5.41) is 2.68. The lowest BCUT2D eigenvalue weighted by atomic mass is 10.1. The number of ether oxygens (including phenoxy) is 3. The lowest BCUT2D eigenvalue weighted by Crippen LogP contribution is -2.46. The van der Waals surface area contributed by atoms with Crippen LogP contribution >= 0.6 is 0 Å². The summed E-state index contributed by atoms with van der Waals surface area (Å²) in [6.45, 7) is 4.23. The van der Waals surface area contributed by atoms with E-state index in [2.05, 4.69) is 10.0 Å². The van der Waals surface area contributed by atoms with Gasteiger partial charge in [0.15, 0.2) is 18.1 Å². The molecule has 0 aromatic heterocycles. The second kappa shape index (κ2) is 11.2. The number of sulfonamides is 1. The minimum atomic E-state index is -3.91. The summed E-state index contributed by atoms with van der Waals surface area (Å²) in [6.07, 6.45) is 0.557. The topological polar surface area (TPSA) is 120 Å². The van der Waals surface area contributed by atoms with E-state index in [0.717, 1.165) is 5.56 Å². The highest BCUT2D eigenvalue weighted by atomic mass is 32.2. The summed E-state index contributed by atoms with van der Waals surface area (Å²) in [5.74, 6) is -0.296. The third-order valence-electron chi connectivity index (χ3n) is 4.94. The molecule has 1 atom stereocenters. The van der Waals surface area contributed by atoms with Crippen LogP contribution in [-0.2, 0) is 30.8 Å². The molecule has 1 amide bonds.